The van der Waals surface area contributed by atoms with Crippen LogP contribution in [0.15, 0.2) is 134 Å². The van der Waals surface area contributed by atoms with Gasteiger partial charge >= 0.3 is 17.9 Å². The quantitative estimate of drug-likeness (QED) is 0.0595. The van der Waals surface area contributed by atoms with Crippen molar-refractivity contribution in [3.63, 3.8) is 0 Å². The molecule has 0 bridgehead atoms. The number of esters is 3. The summed E-state index contributed by atoms with van der Waals surface area (Å²) in [7, 11) is 3.10. The van der Waals surface area contributed by atoms with Crippen LogP contribution in [0.3, 0.4) is 0 Å². The normalized spacial score (nSPS) is 22.0. The summed E-state index contributed by atoms with van der Waals surface area (Å²) >= 11 is 0. The summed E-state index contributed by atoms with van der Waals surface area (Å²) in [6.07, 6.45) is 14.9. The summed E-state index contributed by atoms with van der Waals surface area (Å²) in [5.74, 6) is 1.41. The van der Waals surface area contributed by atoms with Crippen LogP contribution in [-0.2, 0) is 28.6 Å². The molecule has 0 saturated heterocycles. The van der Waals surface area contributed by atoms with E-state index in [0.29, 0.717) is 59.3 Å². The van der Waals surface area contributed by atoms with E-state index in [1.807, 2.05) is 73.7 Å². The summed E-state index contributed by atoms with van der Waals surface area (Å²) in [4.78, 5) is 39.3. The van der Waals surface area contributed by atoms with E-state index in [4.69, 9.17) is 33.2 Å². The van der Waals surface area contributed by atoms with Crippen LogP contribution in [-0.4, -0.2) is 50.4 Å². The van der Waals surface area contributed by atoms with Crippen molar-refractivity contribution >= 4 is 30.1 Å². The number of hydrogen-bond acceptors (Lipinski definition) is 10. The van der Waals surface area contributed by atoms with E-state index in [0.717, 1.165) is 18.4 Å². The van der Waals surface area contributed by atoms with Gasteiger partial charge in [0.2, 0.25) is 0 Å². The summed E-state index contributed by atoms with van der Waals surface area (Å²) in [5, 5.41) is 0. The number of allylic oxidation sites excluding steroid dienone is 2. The van der Waals surface area contributed by atoms with E-state index in [-0.39, 0.29) is 17.9 Å². The van der Waals surface area contributed by atoms with Gasteiger partial charge in [0.15, 0.2) is 23.0 Å². The van der Waals surface area contributed by atoms with Crippen molar-refractivity contribution in [1.29, 1.82) is 0 Å². The molecular formula is C48H48O10. The zero-order chi connectivity index (χ0) is 40.7. The van der Waals surface area contributed by atoms with Gasteiger partial charge in [0, 0.05) is 24.1 Å². The molecule has 58 heavy (non-hydrogen) atoms. The first-order valence-corrected chi connectivity index (χ1v) is 19.4. The van der Waals surface area contributed by atoms with Crippen LogP contribution in [0, 0.1) is 11.8 Å². The Kier molecular flexibility index (Phi) is 14.6. The molecule has 0 N–H and O–H groups in total. The molecule has 1 aliphatic heterocycles. The van der Waals surface area contributed by atoms with E-state index in [9.17, 15) is 14.4 Å². The topological polar surface area (TPSA) is 116 Å². The van der Waals surface area contributed by atoms with E-state index >= 15 is 0 Å². The summed E-state index contributed by atoms with van der Waals surface area (Å²) in [6, 6.07) is 29.5. The fourth-order valence-electron chi connectivity index (χ4n) is 6.96. The Labute approximate surface area is 339 Å². The molecule has 10 nitrogen and oxygen atoms in total. The first-order valence-electron chi connectivity index (χ1n) is 19.4. The number of methoxy groups -OCH3 is 2. The lowest BCUT2D eigenvalue weighted by Gasteiger charge is -2.24. The number of rotatable bonds is 12. The lowest BCUT2D eigenvalue weighted by Crippen LogP contribution is -2.27. The van der Waals surface area contributed by atoms with Crippen molar-refractivity contribution in [2.24, 2.45) is 11.8 Å². The number of hydrogen-bond donors (Lipinski definition) is 0. The second-order valence-electron chi connectivity index (χ2n) is 14.0. The van der Waals surface area contributed by atoms with Gasteiger partial charge in [-0.2, -0.15) is 0 Å². The predicted molar refractivity (Wildman–Crippen MR) is 221 cm³/mol. The average Bonchev–Trinajstić information content (AvgIpc) is 3.63. The summed E-state index contributed by atoms with van der Waals surface area (Å²) < 4.78 is 40.6. The Morgan fingerprint density at radius 3 is 1.83 bits per heavy atom. The van der Waals surface area contributed by atoms with Gasteiger partial charge in [-0.25, -0.2) is 14.4 Å². The molecule has 0 aromatic heterocycles. The molecule has 1 fully saturated rings. The molecule has 0 radical (unpaired) electrons. The Morgan fingerprint density at radius 1 is 0.690 bits per heavy atom. The lowest BCUT2D eigenvalue weighted by atomic mass is 9.89. The van der Waals surface area contributed by atoms with Crippen LogP contribution in [0.5, 0.6) is 34.5 Å². The number of carbonyl (C=O) groups excluding carboxylic acids is 3. The van der Waals surface area contributed by atoms with E-state index in [1.165, 1.54) is 18.2 Å². The molecular weight excluding hydrogens is 737 g/mol. The summed E-state index contributed by atoms with van der Waals surface area (Å²) in [5.41, 5.74) is 1.41. The van der Waals surface area contributed by atoms with Crippen molar-refractivity contribution in [2.75, 3.05) is 14.2 Å². The fourth-order valence-corrected chi connectivity index (χ4v) is 6.96. The van der Waals surface area contributed by atoms with Gasteiger partial charge in [-0.05, 0) is 123 Å². The maximum atomic E-state index is 13.4. The van der Waals surface area contributed by atoms with Gasteiger partial charge in [0.25, 0.3) is 0 Å². The van der Waals surface area contributed by atoms with Crippen LogP contribution < -0.4 is 18.9 Å². The van der Waals surface area contributed by atoms with Crippen molar-refractivity contribution in [3.8, 4) is 34.5 Å². The van der Waals surface area contributed by atoms with Crippen molar-refractivity contribution in [3.05, 3.63) is 145 Å². The van der Waals surface area contributed by atoms with Crippen molar-refractivity contribution in [2.45, 2.75) is 57.3 Å². The van der Waals surface area contributed by atoms with Crippen LogP contribution in [0.1, 0.15) is 50.2 Å². The van der Waals surface area contributed by atoms with Gasteiger partial charge in [-0.15, -0.1) is 0 Å². The Balaban J connectivity index is 1.14. The zero-order valence-corrected chi connectivity index (χ0v) is 32.9. The largest absolute Gasteiger partial charge is 0.493 e. The van der Waals surface area contributed by atoms with Crippen LogP contribution in [0.4, 0.5) is 0 Å². The molecule has 10 heteroatoms. The molecule has 4 aromatic rings. The highest BCUT2D eigenvalue weighted by atomic mass is 16.6. The highest BCUT2D eigenvalue weighted by Gasteiger charge is 2.40. The van der Waals surface area contributed by atoms with Crippen LogP contribution in [0.25, 0.3) is 12.2 Å². The van der Waals surface area contributed by atoms with E-state index in [2.05, 4.69) is 12.2 Å². The molecule has 5 atom stereocenters. The fraction of sp³-hybridized carbons (Fsp3) is 0.271. The van der Waals surface area contributed by atoms with Gasteiger partial charge in [0.1, 0.15) is 23.7 Å². The average molecular weight is 785 g/mol. The first kappa shape index (κ1) is 41.1. The third-order valence-electron chi connectivity index (χ3n) is 9.82. The molecule has 0 amide bonds. The molecule has 6 rings (SSSR count). The van der Waals surface area contributed by atoms with Crippen LogP contribution in [0.2, 0.25) is 0 Å². The van der Waals surface area contributed by atoms with Gasteiger partial charge in [-0.1, -0.05) is 60.7 Å². The molecule has 1 heterocycles. The van der Waals surface area contributed by atoms with Crippen molar-refractivity contribution in [1.82, 2.24) is 0 Å². The van der Waals surface area contributed by atoms with Gasteiger partial charge in [-0.3, -0.25) is 0 Å². The highest BCUT2D eigenvalue weighted by Crippen LogP contribution is 2.40. The Bertz CT molecular complexity index is 2120. The second kappa shape index (κ2) is 20.6. The standard InChI is InChI=1S/C48H48O10/c1-33-13-7-4-8-14-36-31-39(57-47(50)26-21-34-19-23-42(44(29-34)52-2)55-37-15-9-5-10-16-37)32-40(36)41(25-28-46(49)54-33)58-48(51)27-22-35-20-24-43(45(30-35)53-3)56-38-17-11-6-12-18-38/h5-6,8-12,14-30,33,36,39-41H,4,7,13,31-32H2,1-3H3/b14-8+,26-21+,27-22+,28-25+/t33-,36+,39-,40+,41+/m0/s1. The number of cyclic esters (lactones) is 1. The molecule has 4 aromatic carbocycles. The zero-order valence-electron chi connectivity index (χ0n) is 32.9. The number of para-hydroxylation sites is 2. The summed E-state index contributed by atoms with van der Waals surface area (Å²) in [6.45, 7) is 1.86. The van der Waals surface area contributed by atoms with E-state index in [1.54, 1.807) is 62.8 Å². The highest BCUT2D eigenvalue weighted by molar-refractivity contribution is 5.88. The number of carbonyl (C=O) groups is 3. The van der Waals surface area contributed by atoms with Gasteiger partial charge in [0.05, 0.1) is 20.3 Å². The minimum Gasteiger partial charge on any atom is -0.493 e. The first-order chi connectivity index (χ1) is 28.3. The van der Waals surface area contributed by atoms with E-state index < -0.39 is 30.1 Å². The maximum absolute atomic E-state index is 13.4. The number of ether oxygens (including phenoxy) is 7. The van der Waals surface area contributed by atoms with Crippen LogP contribution >= 0.6 is 0 Å². The molecule has 1 aliphatic carbocycles. The maximum Gasteiger partial charge on any atom is 0.331 e. The van der Waals surface area contributed by atoms with Gasteiger partial charge < -0.3 is 33.2 Å². The molecule has 0 spiro atoms. The smallest absolute Gasteiger partial charge is 0.331 e. The predicted octanol–water partition coefficient (Wildman–Crippen LogP) is 10.1. The number of benzene rings is 4. The minimum atomic E-state index is -0.810. The molecule has 300 valence electrons. The monoisotopic (exact) mass is 784 g/mol. The Hall–Kier alpha value is -6.55. The van der Waals surface area contributed by atoms with Crippen molar-refractivity contribution < 1.29 is 47.5 Å². The Morgan fingerprint density at radius 2 is 1.26 bits per heavy atom. The SMILES string of the molecule is COc1cc(/C=C/C(=O)O[C@@H]2C[C@@H]3[C@H](/C=C/CCC[C@H](C)OC(=O)/C=C/[C@H]3OC(=O)/C=C/c3ccc(Oc4ccccc4)c(OC)c3)C2)ccc1Oc1ccccc1. The number of fused-ring (bicyclic) bond motifs is 1. The molecule has 2 aliphatic rings. The molecule has 1 saturated carbocycles. The third kappa shape index (κ3) is 12.0. The third-order valence-corrected chi connectivity index (χ3v) is 9.82. The second-order valence-corrected chi connectivity index (χ2v) is 14.0. The lowest BCUT2D eigenvalue weighted by molar-refractivity contribution is -0.146. The molecule has 0 unspecified atom stereocenters. The minimum absolute atomic E-state index is 0.0924.